The van der Waals surface area contributed by atoms with Crippen molar-refractivity contribution in [1.82, 2.24) is 15.3 Å². The molecule has 2 heterocycles. The van der Waals surface area contributed by atoms with Gasteiger partial charge in [0.15, 0.2) is 0 Å². The monoisotopic (exact) mass is 255 g/mol. The molecule has 0 spiro atoms. The van der Waals surface area contributed by atoms with Gasteiger partial charge in [-0.15, -0.1) is 0 Å². The molecule has 0 aliphatic rings. The quantitative estimate of drug-likeness (QED) is 0.908. The van der Waals surface area contributed by atoms with Crippen molar-refractivity contribution in [1.29, 1.82) is 0 Å². The van der Waals surface area contributed by atoms with Crippen LogP contribution in [0.2, 0.25) is 0 Å². The van der Waals surface area contributed by atoms with Gasteiger partial charge in [-0.3, -0.25) is 9.97 Å². The lowest BCUT2D eigenvalue weighted by molar-refractivity contribution is 0.477. The third kappa shape index (κ3) is 3.61. The van der Waals surface area contributed by atoms with Crippen LogP contribution >= 0.6 is 0 Å². The Bertz CT molecular complexity index is 502. The van der Waals surface area contributed by atoms with Crippen molar-refractivity contribution >= 4 is 0 Å². The molecule has 0 aromatic carbocycles. The maximum Gasteiger partial charge on any atom is 0.0573 e. The molecule has 3 nitrogen and oxygen atoms in total. The Hall–Kier alpha value is -1.74. The van der Waals surface area contributed by atoms with Crippen molar-refractivity contribution in [3.05, 3.63) is 59.2 Å². The Morgan fingerprint density at radius 3 is 1.58 bits per heavy atom. The number of hydrogen-bond donors (Lipinski definition) is 1. The third-order valence-corrected chi connectivity index (χ3v) is 3.21. The molecular weight excluding hydrogens is 234 g/mol. The van der Waals surface area contributed by atoms with Crippen LogP contribution in [0.15, 0.2) is 36.4 Å². The minimum Gasteiger partial charge on any atom is -0.301 e. The number of rotatable bonds is 4. The number of aryl methyl sites for hydroxylation is 2. The second-order valence-corrected chi connectivity index (χ2v) is 5.02. The lowest BCUT2D eigenvalue weighted by Gasteiger charge is -2.20. The fourth-order valence-corrected chi connectivity index (χ4v) is 2.16. The van der Waals surface area contributed by atoms with Crippen molar-refractivity contribution in [2.75, 3.05) is 0 Å². The number of aromatic nitrogens is 2. The highest BCUT2D eigenvalue weighted by molar-refractivity contribution is 5.16. The van der Waals surface area contributed by atoms with Crippen molar-refractivity contribution in [2.24, 2.45) is 0 Å². The molecule has 2 atom stereocenters. The number of pyridine rings is 2. The number of nitrogens with one attached hydrogen (secondary N) is 1. The summed E-state index contributed by atoms with van der Waals surface area (Å²) in [4.78, 5) is 9.11. The van der Waals surface area contributed by atoms with Gasteiger partial charge in [0.2, 0.25) is 0 Å². The first-order valence-electron chi connectivity index (χ1n) is 6.69. The summed E-state index contributed by atoms with van der Waals surface area (Å²) in [6, 6.07) is 12.7. The van der Waals surface area contributed by atoms with E-state index in [0.29, 0.717) is 0 Å². The van der Waals surface area contributed by atoms with Crippen LogP contribution < -0.4 is 5.32 Å². The van der Waals surface area contributed by atoms with E-state index >= 15 is 0 Å². The van der Waals surface area contributed by atoms with Gasteiger partial charge >= 0.3 is 0 Å². The van der Waals surface area contributed by atoms with Crippen LogP contribution in [0.5, 0.6) is 0 Å². The van der Waals surface area contributed by atoms with E-state index in [4.69, 9.17) is 0 Å². The van der Waals surface area contributed by atoms with Gasteiger partial charge in [-0.25, -0.2) is 0 Å². The molecule has 2 rings (SSSR count). The SMILES string of the molecule is Cc1cccc(C(C)N[C@H](C)c2cccc(C)n2)n1. The summed E-state index contributed by atoms with van der Waals surface area (Å²) < 4.78 is 0. The summed E-state index contributed by atoms with van der Waals surface area (Å²) in [6.45, 7) is 8.30. The minimum absolute atomic E-state index is 0.206. The van der Waals surface area contributed by atoms with Gasteiger partial charge in [-0.1, -0.05) is 12.1 Å². The van der Waals surface area contributed by atoms with Gasteiger partial charge in [0.25, 0.3) is 0 Å². The van der Waals surface area contributed by atoms with Crippen LogP contribution in [0, 0.1) is 13.8 Å². The molecule has 0 radical (unpaired) electrons. The molecule has 0 saturated carbocycles. The fourth-order valence-electron chi connectivity index (χ4n) is 2.16. The molecule has 0 aliphatic heterocycles. The fraction of sp³-hybridized carbons (Fsp3) is 0.375. The van der Waals surface area contributed by atoms with E-state index in [1.54, 1.807) is 0 Å². The van der Waals surface area contributed by atoms with Crippen molar-refractivity contribution < 1.29 is 0 Å². The van der Waals surface area contributed by atoms with Gasteiger partial charge in [-0.05, 0) is 52.0 Å². The van der Waals surface area contributed by atoms with Crippen LogP contribution in [0.25, 0.3) is 0 Å². The molecule has 1 N–H and O–H groups in total. The van der Waals surface area contributed by atoms with E-state index in [1.165, 1.54) is 0 Å². The predicted molar refractivity (Wildman–Crippen MR) is 77.9 cm³/mol. The Morgan fingerprint density at radius 1 is 0.789 bits per heavy atom. The first kappa shape index (κ1) is 13.7. The molecule has 1 unspecified atom stereocenters. The highest BCUT2D eigenvalue weighted by Crippen LogP contribution is 2.17. The van der Waals surface area contributed by atoms with E-state index in [-0.39, 0.29) is 12.1 Å². The highest BCUT2D eigenvalue weighted by Gasteiger charge is 2.13. The standard InChI is InChI=1S/C16H21N3/c1-11-7-5-9-15(17-11)13(3)19-14(4)16-10-6-8-12(2)18-16/h5-10,13-14,19H,1-4H3/t13-,14?/m1/s1. The van der Waals surface area contributed by atoms with E-state index in [0.717, 1.165) is 22.8 Å². The molecule has 100 valence electrons. The Morgan fingerprint density at radius 2 is 1.21 bits per heavy atom. The van der Waals surface area contributed by atoms with Crippen molar-refractivity contribution in [3.63, 3.8) is 0 Å². The molecule has 0 saturated heterocycles. The summed E-state index contributed by atoms with van der Waals surface area (Å²) in [5, 5.41) is 3.54. The van der Waals surface area contributed by atoms with Crippen molar-refractivity contribution in [3.8, 4) is 0 Å². The predicted octanol–water partition coefficient (Wildman–Crippen LogP) is 3.51. The Balaban J connectivity index is 2.08. The number of nitrogens with zero attached hydrogens (tertiary/aromatic N) is 2. The zero-order chi connectivity index (χ0) is 13.8. The zero-order valence-electron chi connectivity index (χ0n) is 12.0. The third-order valence-electron chi connectivity index (χ3n) is 3.21. The summed E-state index contributed by atoms with van der Waals surface area (Å²) in [5.74, 6) is 0. The van der Waals surface area contributed by atoms with Gasteiger partial charge in [0, 0.05) is 23.5 Å². The van der Waals surface area contributed by atoms with Gasteiger partial charge < -0.3 is 5.32 Å². The molecule has 2 aromatic heterocycles. The van der Waals surface area contributed by atoms with Gasteiger partial charge in [-0.2, -0.15) is 0 Å². The molecule has 3 heteroatoms. The number of hydrogen-bond acceptors (Lipinski definition) is 3. The average molecular weight is 255 g/mol. The van der Waals surface area contributed by atoms with E-state index in [1.807, 2.05) is 38.1 Å². The Kier molecular flexibility index (Phi) is 4.27. The van der Waals surface area contributed by atoms with E-state index in [2.05, 4.69) is 41.3 Å². The average Bonchev–Trinajstić information content (AvgIpc) is 2.38. The van der Waals surface area contributed by atoms with Crippen LogP contribution in [-0.4, -0.2) is 9.97 Å². The van der Waals surface area contributed by atoms with E-state index in [9.17, 15) is 0 Å². The largest absolute Gasteiger partial charge is 0.301 e. The molecule has 19 heavy (non-hydrogen) atoms. The van der Waals surface area contributed by atoms with Crippen LogP contribution in [0.1, 0.15) is 48.7 Å². The van der Waals surface area contributed by atoms with Crippen molar-refractivity contribution in [2.45, 2.75) is 39.8 Å². The second kappa shape index (κ2) is 5.93. The maximum absolute atomic E-state index is 4.55. The second-order valence-electron chi connectivity index (χ2n) is 5.02. The lowest BCUT2D eigenvalue weighted by Crippen LogP contribution is -2.24. The first-order valence-corrected chi connectivity index (χ1v) is 6.69. The van der Waals surface area contributed by atoms with Gasteiger partial charge in [0.1, 0.15) is 0 Å². The summed E-state index contributed by atoms with van der Waals surface area (Å²) in [7, 11) is 0. The molecular formula is C16H21N3. The molecule has 0 aliphatic carbocycles. The summed E-state index contributed by atoms with van der Waals surface area (Å²) in [6.07, 6.45) is 0. The molecule has 0 bridgehead atoms. The Labute approximate surface area is 115 Å². The zero-order valence-corrected chi connectivity index (χ0v) is 12.0. The summed E-state index contributed by atoms with van der Waals surface area (Å²) >= 11 is 0. The normalized spacial score (nSPS) is 14.1. The topological polar surface area (TPSA) is 37.8 Å². The molecule has 0 fully saturated rings. The van der Waals surface area contributed by atoms with Crippen LogP contribution in [0.4, 0.5) is 0 Å². The highest BCUT2D eigenvalue weighted by atomic mass is 15.0. The summed E-state index contributed by atoms with van der Waals surface area (Å²) in [5.41, 5.74) is 4.24. The van der Waals surface area contributed by atoms with Crippen LogP contribution in [-0.2, 0) is 0 Å². The van der Waals surface area contributed by atoms with Gasteiger partial charge in [0.05, 0.1) is 11.4 Å². The smallest absolute Gasteiger partial charge is 0.0573 e. The molecule has 2 aromatic rings. The molecule has 0 amide bonds. The van der Waals surface area contributed by atoms with E-state index < -0.39 is 0 Å². The van der Waals surface area contributed by atoms with Crippen LogP contribution in [0.3, 0.4) is 0 Å². The lowest BCUT2D eigenvalue weighted by atomic mass is 10.1. The minimum atomic E-state index is 0.206. The maximum atomic E-state index is 4.55. The first-order chi connectivity index (χ1) is 9.06.